The average Bonchev–Trinajstić information content (AvgIpc) is 3.79. The Kier molecular flexibility index (Phi) is 5.97. The highest BCUT2D eigenvalue weighted by atomic mass is 16.5. The standard InChI is InChI=1S/C27H25N5O4/c1-3-5-17(4-2)24(33)27(14-15-27)26(35)28-19-8-10-20(11-9-19)36-23-13-12-22-29-21(16-32(22)31-23)30-25(34)18-6-7-18/h3-5,8-13,16,18H,1-2,6-7,14-15H2,(H,28,35)(H,30,34)/b17-5+. The quantitative estimate of drug-likeness (QED) is 0.250. The molecular weight excluding hydrogens is 458 g/mol. The summed E-state index contributed by atoms with van der Waals surface area (Å²) in [4.78, 5) is 42.0. The fourth-order valence-corrected chi connectivity index (χ4v) is 3.85. The van der Waals surface area contributed by atoms with Gasteiger partial charge < -0.3 is 15.4 Å². The lowest BCUT2D eigenvalue weighted by Gasteiger charge is -2.15. The number of nitrogens with one attached hydrogen (secondary N) is 2. The van der Waals surface area contributed by atoms with E-state index in [0.717, 1.165) is 12.8 Å². The summed E-state index contributed by atoms with van der Waals surface area (Å²) >= 11 is 0. The molecule has 0 atom stereocenters. The van der Waals surface area contributed by atoms with Gasteiger partial charge in [0.2, 0.25) is 17.7 Å². The Labute approximate surface area is 207 Å². The van der Waals surface area contributed by atoms with E-state index in [1.165, 1.54) is 16.7 Å². The van der Waals surface area contributed by atoms with Gasteiger partial charge >= 0.3 is 0 Å². The number of aromatic nitrogens is 3. The van der Waals surface area contributed by atoms with Crippen molar-refractivity contribution >= 4 is 34.8 Å². The van der Waals surface area contributed by atoms with E-state index in [2.05, 4.69) is 33.9 Å². The minimum absolute atomic E-state index is 0.0200. The maximum Gasteiger partial charge on any atom is 0.238 e. The highest BCUT2D eigenvalue weighted by Crippen LogP contribution is 2.49. The molecule has 9 heteroatoms. The highest BCUT2D eigenvalue weighted by molar-refractivity contribution is 6.20. The van der Waals surface area contributed by atoms with Crippen molar-refractivity contribution in [1.29, 1.82) is 0 Å². The Morgan fingerprint density at radius 3 is 2.44 bits per heavy atom. The first kappa shape index (κ1) is 23.2. The first-order valence-electron chi connectivity index (χ1n) is 11.7. The number of carbonyl (C=O) groups excluding carboxylic acids is 3. The normalized spacial score (nSPS) is 16.2. The Balaban J connectivity index is 1.23. The van der Waals surface area contributed by atoms with Gasteiger partial charge in [-0.15, -0.1) is 5.10 Å². The van der Waals surface area contributed by atoms with E-state index in [9.17, 15) is 14.4 Å². The predicted octanol–water partition coefficient (Wildman–Crippen LogP) is 4.46. The van der Waals surface area contributed by atoms with Crippen molar-refractivity contribution in [2.45, 2.75) is 25.7 Å². The molecule has 0 spiro atoms. The summed E-state index contributed by atoms with van der Waals surface area (Å²) in [5.74, 6) is 0.786. The van der Waals surface area contributed by atoms with Gasteiger partial charge in [-0.2, -0.15) is 0 Å². The monoisotopic (exact) mass is 483 g/mol. The molecule has 2 heterocycles. The number of ketones is 1. The summed E-state index contributed by atoms with van der Waals surface area (Å²) in [6.45, 7) is 7.26. The van der Waals surface area contributed by atoms with Crippen molar-refractivity contribution in [3.05, 3.63) is 79.6 Å². The van der Waals surface area contributed by atoms with Gasteiger partial charge in [0.25, 0.3) is 0 Å². The zero-order valence-electron chi connectivity index (χ0n) is 19.6. The molecule has 2 aliphatic rings. The molecule has 2 N–H and O–H groups in total. The number of benzene rings is 1. The molecule has 2 aliphatic carbocycles. The van der Waals surface area contributed by atoms with Crippen LogP contribution in [0.2, 0.25) is 0 Å². The second kappa shape index (κ2) is 9.26. The smallest absolute Gasteiger partial charge is 0.238 e. The third-order valence-electron chi connectivity index (χ3n) is 6.23. The molecule has 0 saturated heterocycles. The van der Waals surface area contributed by atoms with Crippen molar-refractivity contribution in [3.8, 4) is 11.6 Å². The number of imidazole rings is 1. The lowest BCUT2D eigenvalue weighted by Crippen LogP contribution is -2.32. The Morgan fingerprint density at radius 2 is 1.81 bits per heavy atom. The Hall–Kier alpha value is -4.53. The molecule has 2 fully saturated rings. The summed E-state index contributed by atoms with van der Waals surface area (Å²) in [6.07, 6.45) is 8.98. The number of rotatable bonds is 10. The Morgan fingerprint density at radius 1 is 1.06 bits per heavy atom. The number of allylic oxidation sites excluding steroid dienone is 4. The van der Waals surface area contributed by atoms with Crippen LogP contribution in [0.5, 0.6) is 11.6 Å². The third kappa shape index (κ3) is 4.68. The highest BCUT2D eigenvalue weighted by Gasteiger charge is 2.56. The number of Topliss-reactive ketones (excluding diaryl/α,β-unsaturated/α-hetero) is 1. The number of fused-ring (bicyclic) bond motifs is 1. The number of hydrogen-bond acceptors (Lipinski definition) is 6. The molecule has 0 radical (unpaired) electrons. The van der Waals surface area contributed by atoms with E-state index >= 15 is 0 Å². The van der Waals surface area contributed by atoms with Gasteiger partial charge in [-0.3, -0.25) is 14.4 Å². The van der Waals surface area contributed by atoms with Gasteiger partial charge in [-0.05, 0) is 56.0 Å². The molecule has 1 aromatic carbocycles. The van der Waals surface area contributed by atoms with E-state index in [0.29, 0.717) is 47.2 Å². The van der Waals surface area contributed by atoms with Crippen molar-refractivity contribution < 1.29 is 19.1 Å². The van der Waals surface area contributed by atoms with Crippen LogP contribution in [0.3, 0.4) is 0 Å². The van der Waals surface area contributed by atoms with Gasteiger partial charge in [-0.25, -0.2) is 9.50 Å². The van der Waals surface area contributed by atoms with Crippen LogP contribution >= 0.6 is 0 Å². The predicted molar refractivity (Wildman–Crippen MR) is 135 cm³/mol. The molecule has 9 nitrogen and oxygen atoms in total. The zero-order valence-corrected chi connectivity index (χ0v) is 19.6. The van der Waals surface area contributed by atoms with E-state index < -0.39 is 5.41 Å². The Bertz CT molecular complexity index is 1410. The molecule has 2 amide bonds. The summed E-state index contributed by atoms with van der Waals surface area (Å²) in [7, 11) is 0. The van der Waals surface area contributed by atoms with Gasteiger partial charge in [0.1, 0.15) is 11.2 Å². The van der Waals surface area contributed by atoms with Crippen LogP contribution in [0.25, 0.3) is 5.65 Å². The number of nitrogens with zero attached hydrogens (tertiary/aromatic N) is 3. The molecular formula is C27H25N5O4. The van der Waals surface area contributed by atoms with Crippen molar-refractivity contribution in [3.63, 3.8) is 0 Å². The molecule has 36 heavy (non-hydrogen) atoms. The first-order valence-corrected chi connectivity index (χ1v) is 11.7. The number of amides is 2. The fraction of sp³-hybridized carbons (Fsp3) is 0.222. The lowest BCUT2D eigenvalue weighted by molar-refractivity contribution is -0.130. The van der Waals surface area contributed by atoms with E-state index in [1.54, 1.807) is 48.7 Å². The molecule has 2 saturated carbocycles. The average molecular weight is 484 g/mol. The molecule has 3 aromatic rings. The van der Waals surface area contributed by atoms with Gasteiger partial charge in [-0.1, -0.05) is 31.4 Å². The number of hydrogen-bond donors (Lipinski definition) is 2. The van der Waals surface area contributed by atoms with Gasteiger partial charge in [0.05, 0.1) is 6.20 Å². The van der Waals surface area contributed by atoms with Gasteiger partial charge in [0.15, 0.2) is 17.2 Å². The van der Waals surface area contributed by atoms with E-state index in [1.807, 2.05) is 0 Å². The van der Waals surface area contributed by atoms with E-state index in [4.69, 9.17) is 4.74 Å². The van der Waals surface area contributed by atoms with Gasteiger partial charge in [0, 0.05) is 23.2 Å². The fourth-order valence-electron chi connectivity index (χ4n) is 3.85. The minimum Gasteiger partial charge on any atom is -0.438 e. The van der Waals surface area contributed by atoms with E-state index in [-0.39, 0.29) is 23.5 Å². The molecule has 182 valence electrons. The number of carbonyl (C=O) groups is 3. The van der Waals surface area contributed by atoms with Crippen molar-refractivity contribution in [2.24, 2.45) is 11.3 Å². The summed E-state index contributed by atoms with van der Waals surface area (Å²) < 4.78 is 7.37. The largest absolute Gasteiger partial charge is 0.438 e. The van der Waals surface area contributed by atoms with Crippen molar-refractivity contribution in [2.75, 3.05) is 10.6 Å². The topological polar surface area (TPSA) is 115 Å². The number of ether oxygens (including phenoxy) is 1. The minimum atomic E-state index is -1.06. The molecule has 0 bridgehead atoms. The van der Waals surface area contributed by atoms with Crippen molar-refractivity contribution in [1.82, 2.24) is 14.6 Å². The second-order valence-corrected chi connectivity index (χ2v) is 8.92. The number of anilines is 2. The summed E-state index contributed by atoms with van der Waals surface area (Å²) in [5, 5.41) is 10.0. The first-order chi connectivity index (χ1) is 17.4. The lowest BCUT2D eigenvalue weighted by atomic mass is 9.93. The van der Waals surface area contributed by atoms with Crippen LogP contribution in [-0.2, 0) is 14.4 Å². The summed E-state index contributed by atoms with van der Waals surface area (Å²) in [6, 6.07) is 10.2. The van der Waals surface area contributed by atoms with Crippen LogP contribution in [0.1, 0.15) is 25.7 Å². The third-order valence-corrected chi connectivity index (χ3v) is 6.23. The van der Waals surface area contributed by atoms with Crippen LogP contribution < -0.4 is 15.4 Å². The molecule has 0 aliphatic heterocycles. The molecule has 0 unspecified atom stereocenters. The maximum absolute atomic E-state index is 12.9. The summed E-state index contributed by atoms with van der Waals surface area (Å²) in [5.41, 5.74) is 0.450. The zero-order chi connectivity index (χ0) is 25.3. The van der Waals surface area contributed by atoms with Crippen LogP contribution in [-0.4, -0.2) is 32.2 Å². The SMILES string of the molecule is C=C/C=C(\C=C)C(=O)C1(C(=O)Nc2ccc(Oc3ccc4nc(NC(=O)C5CC5)cn4n3)cc2)CC1. The van der Waals surface area contributed by atoms with Crippen LogP contribution in [0.4, 0.5) is 11.5 Å². The second-order valence-electron chi connectivity index (χ2n) is 8.92. The molecule has 5 rings (SSSR count). The molecule has 2 aromatic heterocycles. The van der Waals surface area contributed by atoms with Crippen LogP contribution in [0.15, 0.2) is 79.6 Å². The van der Waals surface area contributed by atoms with Crippen LogP contribution in [0, 0.1) is 11.3 Å². The maximum atomic E-state index is 12.9.